The van der Waals surface area contributed by atoms with Gasteiger partial charge in [-0.25, -0.2) is 9.97 Å². The average molecular weight is 325 g/mol. The van der Waals surface area contributed by atoms with Crippen molar-refractivity contribution in [3.63, 3.8) is 0 Å². The van der Waals surface area contributed by atoms with E-state index >= 15 is 0 Å². The zero-order chi connectivity index (χ0) is 16.8. The molecule has 0 unspecified atom stereocenters. The smallest absolute Gasteiger partial charge is 0.291 e. The summed E-state index contributed by atoms with van der Waals surface area (Å²) in [5.41, 5.74) is 0.869. The van der Waals surface area contributed by atoms with Crippen LogP contribution in [0.25, 0.3) is 0 Å². The number of aliphatic hydroxyl groups excluding tert-OH is 1. The molecule has 2 N–H and O–H groups in total. The van der Waals surface area contributed by atoms with Crippen LogP contribution in [0.2, 0.25) is 0 Å². The highest BCUT2D eigenvalue weighted by atomic mass is 16.3. The van der Waals surface area contributed by atoms with Crippen LogP contribution >= 0.6 is 0 Å². The number of aromatic nitrogens is 2. The van der Waals surface area contributed by atoms with Gasteiger partial charge in [-0.2, -0.15) is 0 Å². The third-order valence-electron chi connectivity index (χ3n) is 5.28. The first-order valence-electron chi connectivity index (χ1n) is 8.03. The lowest BCUT2D eigenvalue weighted by atomic mass is 9.48. The molecule has 2 saturated heterocycles. The number of amides is 1. The number of fused-ring (bicyclic) bond motifs is 2. The van der Waals surface area contributed by atoms with Crippen molar-refractivity contribution in [2.24, 2.45) is 5.41 Å². The van der Waals surface area contributed by atoms with Crippen molar-refractivity contribution in [2.75, 3.05) is 19.7 Å². The summed E-state index contributed by atoms with van der Waals surface area (Å²) in [5.74, 6) is -0.251. The Hall–Kier alpha value is -2.47. The maximum Gasteiger partial charge on any atom is 0.291 e. The van der Waals surface area contributed by atoms with Gasteiger partial charge in [-0.05, 0) is 18.4 Å². The van der Waals surface area contributed by atoms with Gasteiger partial charge >= 0.3 is 0 Å². The largest absolute Gasteiger partial charge is 0.505 e. The molecule has 1 aliphatic carbocycles. The van der Waals surface area contributed by atoms with Crippen LogP contribution in [0.4, 0.5) is 0 Å². The highest BCUT2D eigenvalue weighted by Gasteiger charge is 2.60. The Bertz CT molecular complexity index is 755. The number of nitrogens with zero attached hydrogens (tertiary/aromatic N) is 3. The van der Waals surface area contributed by atoms with Gasteiger partial charge < -0.3 is 15.1 Å². The average Bonchev–Trinajstić information content (AvgIpc) is 2.61. The second-order valence-electron chi connectivity index (χ2n) is 7.08. The van der Waals surface area contributed by atoms with Crippen molar-refractivity contribution in [1.82, 2.24) is 14.9 Å². The lowest BCUT2D eigenvalue weighted by molar-refractivity contribution is -0.101. The first-order valence-corrected chi connectivity index (χ1v) is 8.03. The van der Waals surface area contributed by atoms with Crippen LogP contribution < -0.4 is 0 Å². The summed E-state index contributed by atoms with van der Waals surface area (Å²) >= 11 is 0. The second-order valence-corrected chi connectivity index (χ2v) is 7.08. The minimum Gasteiger partial charge on any atom is -0.505 e. The standard InChI is InChI=1S/C18H19N3O3/c22-12-17-8-18(9-17,13-4-2-1-3-5-13)11-21(10-17)16(24)15-19-6-14(23)7-20-15/h1-7,22-23H,8-12H2. The SMILES string of the molecule is O=C(c1ncc(O)cn1)N1CC2(CO)CC(c3ccccc3)(C1)C2. The molecule has 2 bridgehead atoms. The summed E-state index contributed by atoms with van der Waals surface area (Å²) in [6.07, 6.45) is 4.22. The monoisotopic (exact) mass is 325 g/mol. The Kier molecular flexibility index (Phi) is 3.31. The molecule has 5 rings (SSSR count). The number of aromatic hydroxyl groups is 1. The number of carbonyl (C=O) groups excluding carboxylic acids is 1. The summed E-state index contributed by atoms with van der Waals surface area (Å²) in [6, 6.07) is 10.2. The molecule has 2 aromatic rings. The molecular formula is C18H19N3O3. The van der Waals surface area contributed by atoms with E-state index in [1.807, 2.05) is 18.2 Å². The van der Waals surface area contributed by atoms with E-state index in [1.165, 1.54) is 18.0 Å². The van der Waals surface area contributed by atoms with Crippen LogP contribution in [0.15, 0.2) is 42.7 Å². The molecule has 1 saturated carbocycles. The van der Waals surface area contributed by atoms with Gasteiger partial charge in [-0.1, -0.05) is 30.3 Å². The van der Waals surface area contributed by atoms with Crippen LogP contribution in [-0.4, -0.2) is 50.7 Å². The van der Waals surface area contributed by atoms with E-state index in [-0.39, 0.29) is 34.9 Å². The van der Waals surface area contributed by atoms with Gasteiger partial charge in [0.25, 0.3) is 5.91 Å². The Morgan fingerprint density at radius 1 is 1.12 bits per heavy atom. The maximum absolute atomic E-state index is 12.7. The minimum absolute atomic E-state index is 0.0689. The highest BCUT2D eigenvalue weighted by Crippen LogP contribution is 2.59. The van der Waals surface area contributed by atoms with E-state index in [4.69, 9.17) is 0 Å². The van der Waals surface area contributed by atoms with Gasteiger partial charge in [0, 0.05) is 23.9 Å². The first-order chi connectivity index (χ1) is 11.6. The third kappa shape index (κ3) is 2.26. The highest BCUT2D eigenvalue weighted by molar-refractivity contribution is 5.90. The van der Waals surface area contributed by atoms with Crippen LogP contribution in [0.3, 0.4) is 0 Å². The van der Waals surface area contributed by atoms with Crippen LogP contribution in [0.1, 0.15) is 29.0 Å². The van der Waals surface area contributed by atoms with Crippen LogP contribution in [0.5, 0.6) is 5.75 Å². The Morgan fingerprint density at radius 3 is 2.42 bits per heavy atom. The van der Waals surface area contributed by atoms with Gasteiger partial charge in [0.05, 0.1) is 19.0 Å². The molecular weight excluding hydrogens is 306 g/mol. The van der Waals surface area contributed by atoms with Crippen molar-refractivity contribution in [3.05, 3.63) is 54.1 Å². The molecule has 124 valence electrons. The molecule has 1 amide bonds. The van der Waals surface area contributed by atoms with Gasteiger partial charge in [-0.15, -0.1) is 0 Å². The molecule has 24 heavy (non-hydrogen) atoms. The van der Waals surface area contributed by atoms with Crippen molar-refractivity contribution < 1.29 is 15.0 Å². The normalized spacial score (nSPS) is 28.3. The van der Waals surface area contributed by atoms with Crippen molar-refractivity contribution >= 4 is 5.91 Å². The lowest BCUT2D eigenvalue weighted by Gasteiger charge is -2.63. The molecule has 2 aliphatic heterocycles. The molecule has 3 fully saturated rings. The van der Waals surface area contributed by atoms with Crippen LogP contribution in [0, 0.1) is 5.41 Å². The van der Waals surface area contributed by atoms with Gasteiger partial charge in [0.15, 0.2) is 5.75 Å². The molecule has 1 aromatic carbocycles. The number of aliphatic hydroxyl groups is 1. The summed E-state index contributed by atoms with van der Waals surface area (Å²) in [4.78, 5) is 22.3. The topological polar surface area (TPSA) is 86.5 Å². The molecule has 6 heteroatoms. The number of carbonyl (C=O) groups is 1. The second kappa shape index (κ2) is 5.27. The maximum atomic E-state index is 12.7. The van der Waals surface area contributed by atoms with E-state index in [2.05, 4.69) is 22.1 Å². The summed E-state index contributed by atoms with van der Waals surface area (Å²) in [5, 5.41) is 19.1. The molecule has 0 spiro atoms. The summed E-state index contributed by atoms with van der Waals surface area (Å²) < 4.78 is 0. The molecule has 6 nitrogen and oxygen atoms in total. The molecule has 0 atom stereocenters. The fourth-order valence-electron chi connectivity index (χ4n) is 4.40. The van der Waals surface area contributed by atoms with Gasteiger partial charge in [0.1, 0.15) is 0 Å². The Morgan fingerprint density at radius 2 is 1.79 bits per heavy atom. The van der Waals surface area contributed by atoms with E-state index in [0.29, 0.717) is 13.1 Å². The van der Waals surface area contributed by atoms with E-state index in [0.717, 1.165) is 12.8 Å². The number of rotatable bonds is 3. The van der Waals surface area contributed by atoms with Crippen LogP contribution in [-0.2, 0) is 5.41 Å². The minimum atomic E-state index is -0.257. The van der Waals surface area contributed by atoms with Crippen molar-refractivity contribution in [1.29, 1.82) is 0 Å². The zero-order valence-electron chi connectivity index (χ0n) is 13.2. The predicted molar refractivity (Wildman–Crippen MR) is 86.5 cm³/mol. The Labute approximate surface area is 139 Å². The lowest BCUT2D eigenvalue weighted by Crippen LogP contribution is -2.67. The number of benzene rings is 1. The predicted octanol–water partition coefficient (Wildman–Crippen LogP) is 1.35. The number of piperidine rings is 2. The fourth-order valence-corrected chi connectivity index (χ4v) is 4.40. The van der Waals surface area contributed by atoms with E-state index in [9.17, 15) is 15.0 Å². The first kappa shape index (κ1) is 15.1. The summed E-state index contributed by atoms with van der Waals surface area (Å²) in [6.45, 7) is 1.19. The quantitative estimate of drug-likeness (QED) is 0.889. The van der Waals surface area contributed by atoms with Crippen molar-refractivity contribution in [2.45, 2.75) is 18.3 Å². The molecule has 3 heterocycles. The summed E-state index contributed by atoms with van der Waals surface area (Å²) in [7, 11) is 0. The zero-order valence-corrected chi connectivity index (χ0v) is 13.2. The van der Waals surface area contributed by atoms with E-state index in [1.54, 1.807) is 4.90 Å². The number of hydrogen-bond acceptors (Lipinski definition) is 5. The Balaban J connectivity index is 1.63. The van der Waals surface area contributed by atoms with Crippen molar-refractivity contribution in [3.8, 4) is 5.75 Å². The fraction of sp³-hybridized carbons (Fsp3) is 0.389. The molecule has 0 radical (unpaired) electrons. The molecule has 3 aliphatic rings. The van der Waals surface area contributed by atoms with Gasteiger partial charge in [-0.3, -0.25) is 4.79 Å². The van der Waals surface area contributed by atoms with Gasteiger partial charge in [0.2, 0.25) is 5.82 Å². The number of hydrogen-bond donors (Lipinski definition) is 2. The third-order valence-corrected chi connectivity index (χ3v) is 5.28. The molecule has 1 aromatic heterocycles. The van der Waals surface area contributed by atoms with E-state index < -0.39 is 0 Å².